The Morgan fingerprint density at radius 3 is 2.52 bits per heavy atom. The molecule has 1 aliphatic rings. The van der Waals surface area contributed by atoms with E-state index in [1.165, 1.54) is 0 Å². The molecular weight excluding hydrogens is 416 g/mol. The van der Waals surface area contributed by atoms with Crippen molar-refractivity contribution in [2.45, 2.75) is 13.0 Å². The Balaban J connectivity index is 1.71. The van der Waals surface area contributed by atoms with E-state index in [2.05, 4.69) is 10.6 Å². The molecule has 3 aromatic carbocycles. The fourth-order valence-corrected chi connectivity index (χ4v) is 4.32. The molecule has 1 aromatic heterocycles. The van der Waals surface area contributed by atoms with E-state index in [1.807, 2.05) is 84.3 Å². The van der Waals surface area contributed by atoms with Crippen LogP contribution in [0.25, 0.3) is 11.0 Å². The van der Waals surface area contributed by atoms with E-state index in [9.17, 15) is 4.79 Å². The summed E-state index contributed by atoms with van der Waals surface area (Å²) in [6.07, 6.45) is 0. The molecule has 1 amide bonds. The number of fused-ring (bicyclic) bond motifs is 3. The van der Waals surface area contributed by atoms with E-state index in [-0.39, 0.29) is 5.91 Å². The van der Waals surface area contributed by atoms with Crippen LogP contribution in [0.2, 0.25) is 0 Å². The molecule has 7 nitrogen and oxygen atoms in total. The number of nitrogens with one attached hydrogen (secondary N) is 2. The number of benzene rings is 3. The van der Waals surface area contributed by atoms with Gasteiger partial charge >= 0.3 is 0 Å². The second-order valence-electron chi connectivity index (χ2n) is 7.79. The Kier molecular flexibility index (Phi) is 5.22. The van der Waals surface area contributed by atoms with Gasteiger partial charge in [0.1, 0.15) is 11.5 Å². The van der Waals surface area contributed by atoms with Crippen LogP contribution in [-0.4, -0.2) is 29.7 Å². The summed E-state index contributed by atoms with van der Waals surface area (Å²) in [5.74, 6) is 1.78. The minimum atomic E-state index is -0.460. The zero-order valence-electron chi connectivity index (χ0n) is 18.6. The summed E-state index contributed by atoms with van der Waals surface area (Å²) in [5.41, 5.74) is 4.63. The number of ether oxygens (including phenoxy) is 2. The van der Waals surface area contributed by atoms with Gasteiger partial charge in [-0.05, 0) is 43.3 Å². The maximum atomic E-state index is 13.6. The minimum absolute atomic E-state index is 0.197. The van der Waals surface area contributed by atoms with E-state index in [1.54, 1.807) is 14.2 Å². The summed E-state index contributed by atoms with van der Waals surface area (Å²) in [5, 5.41) is 6.37. The fraction of sp³-hybridized carbons (Fsp3) is 0.154. The van der Waals surface area contributed by atoms with E-state index in [4.69, 9.17) is 14.5 Å². The van der Waals surface area contributed by atoms with Crippen molar-refractivity contribution in [3.63, 3.8) is 0 Å². The second-order valence-corrected chi connectivity index (χ2v) is 7.79. The number of carbonyl (C=O) groups excluding carboxylic acids is 1. The van der Waals surface area contributed by atoms with Gasteiger partial charge in [-0.2, -0.15) is 0 Å². The number of aromatic nitrogens is 2. The van der Waals surface area contributed by atoms with E-state index in [0.29, 0.717) is 23.0 Å². The number of rotatable bonds is 5. The second kappa shape index (κ2) is 8.35. The Morgan fingerprint density at radius 1 is 1.00 bits per heavy atom. The molecule has 0 fully saturated rings. The molecule has 1 aliphatic heterocycles. The molecule has 5 rings (SSSR count). The first-order valence-corrected chi connectivity index (χ1v) is 10.6. The monoisotopic (exact) mass is 440 g/mol. The normalized spacial score (nSPS) is 15.1. The zero-order valence-corrected chi connectivity index (χ0v) is 18.6. The molecule has 7 heteroatoms. The standard InChI is InChI=1S/C26H24N4O3/c1-16-23(25(31)28-17-9-5-4-6-10-17)24(19-14-13-18(32-2)15-22(19)33-3)30-21-12-8-7-11-20(21)29-26(30)27-16/h4-15,24H,1-3H3,(H,27,29)(H,28,31)/t24-/m1/s1. The van der Waals surface area contributed by atoms with Gasteiger partial charge in [0.05, 0.1) is 36.9 Å². The van der Waals surface area contributed by atoms with Crippen molar-refractivity contribution in [1.29, 1.82) is 0 Å². The number of carbonyl (C=O) groups is 1. The third kappa shape index (κ3) is 3.57. The summed E-state index contributed by atoms with van der Waals surface area (Å²) >= 11 is 0. The Hall–Kier alpha value is -4.26. The fourth-order valence-electron chi connectivity index (χ4n) is 4.32. The van der Waals surface area contributed by atoms with Crippen LogP contribution in [0.1, 0.15) is 18.5 Å². The molecule has 0 saturated heterocycles. The lowest BCUT2D eigenvalue weighted by Crippen LogP contribution is -2.31. The Bertz CT molecular complexity index is 1380. The predicted molar refractivity (Wildman–Crippen MR) is 129 cm³/mol. The molecule has 0 unspecified atom stereocenters. The average molecular weight is 441 g/mol. The molecule has 0 spiro atoms. The molecule has 166 valence electrons. The van der Waals surface area contributed by atoms with Crippen LogP contribution in [0.5, 0.6) is 11.5 Å². The van der Waals surface area contributed by atoms with Crippen molar-refractivity contribution >= 4 is 28.6 Å². The molecule has 0 saturated carbocycles. The van der Waals surface area contributed by atoms with Crippen molar-refractivity contribution < 1.29 is 14.3 Å². The van der Waals surface area contributed by atoms with Crippen molar-refractivity contribution in [2.24, 2.45) is 0 Å². The Morgan fingerprint density at radius 2 is 1.76 bits per heavy atom. The largest absolute Gasteiger partial charge is 0.497 e. The van der Waals surface area contributed by atoms with Crippen molar-refractivity contribution in [3.05, 3.63) is 89.6 Å². The minimum Gasteiger partial charge on any atom is -0.497 e. The maximum absolute atomic E-state index is 13.6. The first kappa shape index (κ1) is 20.6. The molecule has 4 aromatic rings. The number of methoxy groups -OCH3 is 2. The maximum Gasteiger partial charge on any atom is 0.255 e. The molecule has 2 heterocycles. The lowest BCUT2D eigenvalue weighted by molar-refractivity contribution is -0.113. The number of hydrogen-bond donors (Lipinski definition) is 2. The highest BCUT2D eigenvalue weighted by atomic mass is 16.5. The average Bonchev–Trinajstić information content (AvgIpc) is 3.21. The predicted octanol–water partition coefficient (Wildman–Crippen LogP) is 4.98. The summed E-state index contributed by atoms with van der Waals surface area (Å²) in [7, 11) is 3.23. The lowest BCUT2D eigenvalue weighted by Gasteiger charge is -2.31. The quantitative estimate of drug-likeness (QED) is 0.458. The molecule has 0 bridgehead atoms. The van der Waals surface area contributed by atoms with Crippen LogP contribution in [0.4, 0.5) is 11.6 Å². The van der Waals surface area contributed by atoms with Crippen LogP contribution in [0, 0.1) is 0 Å². The number of imidazole rings is 1. The summed E-state index contributed by atoms with van der Waals surface area (Å²) in [4.78, 5) is 18.4. The topological polar surface area (TPSA) is 77.4 Å². The van der Waals surface area contributed by atoms with Gasteiger partial charge in [-0.15, -0.1) is 0 Å². The van der Waals surface area contributed by atoms with Crippen LogP contribution in [0.3, 0.4) is 0 Å². The third-order valence-corrected chi connectivity index (χ3v) is 5.84. The zero-order chi connectivity index (χ0) is 22.9. The summed E-state index contributed by atoms with van der Waals surface area (Å²) in [6, 6.07) is 22.5. The van der Waals surface area contributed by atoms with Crippen LogP contribution in [0.15, 0.2) is 84.1 Å². The van der Waals surface area contributed by atoms with Crippen molar-refractivity contribution in [2.75, 3.05) is 24.9 Å². The molecule has 0 aliphatic carbocycles. The van der Waals surface area contributed by atoms with Gasteiger partial charge in [0.15, 0.2) is 0 Å². The molecule has 0 radical (unpaired) electrons. The van der Waals surface area contributed by atoms with E-state index < -0.39 is 6.04 Å². The van der Waals surface area contributed by atoms with Crippen LogP contribution >= 0.6 is 0 Å². The smallest absolute Gasteiger partial charge is 0.255 e. The van der Waals surface area contributed by atoms with Crippen LogP contribution in [-0.2, 0) is 4.79 Å². The van der Waals surface area contributed by atoms with Crippen molar-refractivity contribution in [1.82, 2.24) is 9.55 Å². The Labute approximate surface area is 191 Å². The van der Waals surface area contributed by atoms with Gasteiger partial charge in [0.2, 0.25) is 5.95 Å². The molecular formula is C26H24N4O3. The highest BCUT2D eigenvalue weighted by Crippen LogP contribution is 2.43. The third-order valence-electron chi connectivity index (χ3n) is 5.84. The van der Waals surface area contributed by atoms with E-state index >= 15 is 0 Å². The van der Waals surface area contributed by atoms with Gasteiger partial charge in [-0.25, -0.2) is 4.98 Å². The first-order valence-electron chi connectivity index (χ1n) is 10.6. The molecule has 33 heavy (non-hydrogen) atoms. The van der Waals surface area contributed by atoms with Gasteiger partial charge < -0.3 is 20.1 Å². The van der Waals surface area contributed by atoms with Gasteiger partial charge in [0, 0.05) is 23.0 Å². The highest BCUT2D eigenvalue weighted by molar-refractivity contribution is 6.06. The van der Waals surface area contributed by atoms with Crippen molar-refractivity contribution in [3.8, 4) is 11.5 Å². The molecule has 2 N–H and O–H groups in total. The first-order chi connectivity index (χ1) is 16.1. The van der Waals surface area contributed by atoms with Crippen LogP contribution < -0.4 is 20.1 Å². The molecule has 1 atom stereocenters. The van der Waals surface area contributed by atoms with Gasteiger partial charge in [0.25, 0.3) is 5.91 Å². The number of anilines is 2. The van der Waals surface area contributed by atoms with Gasteiger partial charge in [-0.1, -0.05) is 30.3 Å². The number of allylic oxidation sites excluding steroid dienone is 1. The number of amides is 1. The number of hydrogen-bond acceptors (Lipinski definition) is 5. The SMILES string of the molecule is COc1ccc([C@@H]2C(C(=O)Nc3ccccc3)=C(C)Nc3nc4ccccc4n32)c(OC)c1. The number of para-hydroxylation sites is 3. The lowest BCUT2D eigenvalue weighted by atomic mass is 9.93. The number of nitrogens with zero attached hydrogens (tertiary/aromatic N) is 2. The van der Waals surface area contributed by atoms with E-state index in [0.717, 1.165) is 28.0 Å². The van der Waals surface area contributed by atoms with Gasteiger partial charge in [-0.3, -0.25) is 9.36 Å². The summed E-state index contributed by atoms with van der Waals surface area (Å²) in [6.45, 7) is 1.89. The highest BCUT2D eigenvalue weighted by Gasteiger charge is 2.35. The summed E-state index contributed by atoms with van der Waals surface area (Å²) < 4.78 is 13.2.